The van der Waals surface area contributed by atoms with E-state index in [-0.39, 0.29) is 5.92 Å². The maximum absolute atomic E-state index is 6.21. The van der Waals surface area contributed by atoms with Crippen molar-refractivity contribution in [2.75, 3.05) is 6.61 Å². The molecule has 19 heavy (non-hydrogen) atoms. The monoisotopic (exact) mass is 276 g/mol. The predicted octanol–water partition coefficient (Wildman–Crippen LogP) is 4.32. The summed E-state index contributed by atoms with van der Waals surface area (Å²) >= 11 is 6.21. The molecule has 2 aromatic rings. The van der Waals surface area contributed by atoms with Crippen molar-refractivity contribution in [2.24, 2.45) is 0 Å². The third kappa shape index (κ3) is 2.87. The summed E-state index contributed by atoms with van der Waals surface area (Å²) < 4.78 is 5.66. The SMILES string of the molecule is CCOc1ccccc1-c1ncnc(Cl)c1C(C)C. The summed E-state index contributed by atoms with van der Waals surface area (Å²) in [6.45, 7) is 6.74. The minimum absolute atomic E-state index is 0.249. The summed E-state index contributed by atoms with van der Waals surface area (Å²) in [5.41, 5.74) is 2.76. The van der Waals surface area contributed by atoms with Gasteiger partial charge < -0.3 is 4.74 Å². The molecular formula is C15H17ClN2O. The first kappa shape index (κ1) is 13.8. The Labute approximate surface area is 118 Å². The molecule has 0 unspecified atom stereocenters. The summed E-state index contributed by atoms with van der Waals surface area (Å²) in [6.07, 6.45) is 1.49. The number of halogens is 1. The molecule has 100 valence electrons. The van der Waals surface area contributed by atoms with Crippen LogP contribution in [0.2, 0.25) is 5.15 Å². The van der Waals surface area contributed by atoms with Crippen molar-refractivity contribution in [1.82, 2.24) is 9.97 Å². The van der Waals surface area contributed by atoms with Crippen LogP contribution in [0, 0.1) is 0 Å². The summed E-state index contributed by atoms with van der Waals surface area (Å²) in [6, 6.07) is 7.86. The molecular weight excluding hydrogens is 260 g/mol. The van der Waals surface area contributed by atoms with Crippen LogP contribution in [0.15, 0.2) is 30.6 Å². The number of ether oxygens (including phenoxy) is 1. The molecule has 0 saturated carbocycles. The van der Waals surface area contributed by atoms with Crippen LogP contribution in [-0.2, 0) is 0 Å². The summed E-state index contributed by atoms with van der Waals surface area (Å²) in [5, 5.41) is 0.506. The Kier molecular flexibility index (Phi) is 4.38. The van der Waals surface area contributed by atoms with Crippen molar-refractivity contribution >= 4 is 11.6 Å². The lowest BCUT2D eigenvalue weighted by atomic mass is 9.98. The zero-order valence-electron chi connectivity index (χ0n) is 11.4. The third-order valence-electron chi connectivity index (χ3n) is 2.85. The van der Waals surface area contributed by atoms with E-state index in [0.29, 0.717) is 11.8 Å². The molecule has 1 aromatic carbocycles. The van der Waals surface area contributed by atoms with Crippen molar-refractivity contribution in [2.45, 2.75) is 26.7 Å². The van der Waals surface area contributed by atoms with Crippen LogP contribution in [0.5, 0.6) is 5.75 Å². The zero-order valence-corrected chi connectivity index (χ0v) is 12.1. The highest BCUT2D eigenvalue weighted by atomic mass is 35.5. The lowest BCUT2D eigenvalue weighted by Crippen LogP contribution is -2.01. The van der Waals surface area contributed by atoms with Crippen LogP contribution in [0.25, 0.3) is 11.3 Å². The number of nitrogens with zero attached hydrogens (tertiary/aromatic N) is 2. The average molecular weight is 277 g/mol. The molecule has 0 amide bonds. The highest BCUT2D eigenvalue weighted by molar-refractivity contribution is 6.30. The molecule has 2 rings (SSSR count). The highest BCUT2D eigenvalue weighted by Gasteiger charge is 2.17. The van der Waals surface area contributed by atoms with Gasteiger partial charge in [-0.3, -0.25) is 0 Å². The van der Waals surface area contributed by atoms with Gasteiger partial charge in [0.2, 0.25) is 0 Å². The van der Waals surface area contributed by atoms with Gasteiger partial charge in [-0.1, -0.05) is 37.6 Å². The maximum atomic E-state index is 6.21. The van der Waals surface area contributed by atoms with E-state index in [0.717, 1.165) is 22.6 Å². The molecule has 1 heterocycles. The number of hydrogen-bond acceptors (Lipinski definition) is 3. The van der Waals surface area contributed by atoms with Gasteiger partial charge in [0.15, 0.2) is 0 Å². The first-order valence-electron chi connectivity index (χ1n) is 6.37. The van der Waals surface area contributed by atoms with Gasteiger partial charge in [0.1, 0.15) is 17.2 Å². The molecule has 0 bridgehead atoms. The van der Waals surface area contributed by atoms with E-state index < -0.39 is 0 Å². The second-order valence-corrected chi connectivity index (χ2v) is 4.87. The molecule has 0 aliphatic carbocycles. The Morgan fingerprint density at radius 2 is 1.95 bits per heavy atom. The topological polar surface area (TPSA) is 35.0 Å². The molecule has 0 saturated heterocycles. The number of rotatable bonds is 4. The van der Waals surface area contributed by atoms with Crippen LogP contribution in [0.4, 0.5) is 0 Å². The Morgan fingerprint density at radius 1 is 1.21 bits per heavy atom. The molecule has 0 radical (unpaired) electrons. The Morgan fingerprint density at radius 3 is 2.63 bits per heavy atom. The van der Waals surface area contributed by atoms with Gasteiger partial charge in [0, 0.05) is 11.1 Å². The first-order chi connectivity index (χ1) is 9.15. The third-order valence-corrected chi connectivity index (χ3v) is 3.16. The number of benzene rings is 1. The molecule has 0 fully saturated rings. The van der Waals surface area contributed by atoms with E-state index in [1.807, 2.05) is 31.2 Å². The number of aromatic nitrogens is 2. The van der Waals surface area contributed by atoms with Crippen molar-refractivity contribution in [3.05, 3.63) is 41.3 Å². The van der Waals surface area contributed by atoms with Crippen LogP contribution in [-0.4, -0.2) is 16.6 Å². The maximum Gasteiger partial charge on any atom is 0.136 e. The van der Waals surface area contributed by atoms with Gasteiger partial charge in [0.25, 0.3) is 0 Å². The quantitative estimate of drug-likeness (QED) is 0.780. The fraction of sp³-hybridized carbons (Fsp3) is 0.333. The van der Waals surface area contributed by atoms with E-state index in [1.165, 1.54) is 6.33 Å². The van der Waals surface area contributed by atoms with Gasteiger partial charge in [-0.25, -0.2) is 9.97 Å². The van der Waals surface area contributed by atoms with Crippen LogP contribution in [0.1, 0.15) is 32.3 Å². The Balaban J connectivity index is 2.62. The van der Waals surface area contributed by atoms with Gasteiger partial charge in [-0.05, 0) is 25.0 Å². The van der Waals surface area contributed by atoms with Gasteiger partial charge in [-0.15, -0.1) is 0 Å². The minimum atomic E-state index is 0.249. The normalized spacial score (nSPS) is 10.8. The average Bonchev–Trinajstić information content (AvgIpc) is 2.39. The molecule has 0 aliphatic heterocycles. The molecule has 0 N–H and O–H groups in total. The van der Waals surface area contributed by atoms with E-state index in [2.05, 4.69) is 23.8 Å². The Bertz CT molecular complexity index is 570. The zero-order chi connectivity index (χ0) is 13.8. The summed E-state index contributed by atoms with van der Waals surface area (Å²) in [4.78, 5) is 8.47. The second kappa shape index (κ2) is 6.02. The van der Waals surface area contributed by atoms with Crippen LogP contribution >= 0.6 is 11.6 Å². The van der Waals surface area contributed by atoms with E-state index in [4.69, 9.17) is 16.3 Å². The highest BCUT2D eigenvalue weighted by Crippen LogP contribution is 2.36. The fourth-order valence-corrected chi connectivity index (χ4v) is 2.40. The molecule has 0 aliphatic rings. The lowest BCUT2D eigenvalue weighted by molar-refractivity contribution is 0.341. The molecule has 1 aromatic heterocycles. The Hall–Kier alpha value is -1.61. The molecule has 4 heteroatoms. The lowest BCUT2D eigenvalue weighted by Gasteiger charge is -2.15. The summed E-state index contributed by atoms with van der Waals surface area (Å²) in [5.74, 6) is 1.07. The second-order valence-electron chi connectivity index (χ2n) is 4.51. The standard InChI is InChI=1S/C15H17ClN2O/c1-4-19-12-8-6-5-7-11(12)14-13(10(2)3)15(16)18-9-17-14/h5-10H,4H2,1-3H3. The van der Waals surface area contributed by atoms with Crippen molar-refractivity contribution in [3.63, 3.8) is 0 Å². The molecule has 3 nitrogen and oxygen atoms in total. The van der Waals surface area contributed by atoms with Crippen molar-refractivity contribution < 1.29 is 4.74 Å². The first-order valence-corrected chi connectivity index (χ1v) is 6.75. The smallest absolute Gasteiger partial charge is 0.136 e. The molecule has 0 atom stereocenters. The fourth-order valence-electron chi connectivity index (χ4n) is 2.04. The number of hydrogen-bond donors (Lipinski definition) is 0. The van der Waals surface area contributed by atoms with Crippen molar-refractivity contribution in [3.8, 4) is 17.0 Å². The molecule has 0 spiro atoms. The van der Waals surface area contributed by atoms with Crippen LogP contribution in [0.3, 0.4) is 0 Å². The minimum Gasteiger partial charge on any atom is -0.493 e. The predicted molar refractivity (Wildman–Crippen MR) is 77.7 cm³/mol. The van der Waals surface area contributed by atoms with Gasteiger partial charge in [-0.2, -0.15) is 0 Å². The van der Waals surface area contributed by atoms with E-state index in [9.17, 15) is 0 Å². The van der Waals surface area contributed by atoms with Gasteiger partial charge in [0.05, 0.1) is 12.3 Å². The van der Waals surface area contributed by atoms with E-state index in [1.54, 1.807) is 0 Å². The number of para-hydroxylation sites is 1. The largest absolute Gasteiger partial charge is 0.493 e. The van der Waals surface area contributed by atoms with Crippen LogP contribution < -0.4 is 4.74 Å². The van der Waals surface area contributed by atoms with Crippen molar-refractivity contribution in [1.29, 1.82) is 0 Å². The summed E-state index contributed by atoms with van der Waals surface area (Å²) in [7, 11) is 0. The van der Waals surface area contributed by atoms with E-state index >= 15 is 0 Å². The van der Waals surface area contributed by atoms with Gasteiger partial charge >= 0.3 is 0 Å².